The topological polar surface area (TPSA) is 49.8 Å². The molecular weight excluding hydrogens is 237 g/mol. The van der Waals surface area contributed by atoms with Crippen molar-refractivity contribution in [3.8, 4) is 5.75 Å². The van der Waals surface area contributed by atoms with E-state index in [9.17, 15) is 9.18 Å². The third-order valence-corrected chi connectivity index (χ3v) is 2.64. The molecular formula is C13H18FNO3. The summed E-state index contributed by atoms with van der Waals surface area (Å²) in [5.74, 6) is -0.439. The number of halogens is 1. The van der Waals surface area contributed by atoms with Gasteiger partial charge < -0.3 is 14.7 Å². The minimum absolute atomic E-state index is 0.0848. The summed E-state index contributed by atoms with van der Waals surface area (Å²) in [6.45, 7) is 3.37. The summed E-state index contributed by atoms with van der Waals surface area (Å²) in [4.78, 5) is 13.2. The number of rotatable bonds is 5. The van der Waals surface area contributed by atoms with Crippen molar-refractivity contribution in [1.82, 2.24) is 4.90 Å². The molecule has 0 bridgehead atoms. The van der Waals surface area contributed by atoms with Crippen LogP contribution in [0.4, 0.5) is 4.39 Å². The molecule has 100 valence electrons. The van der Waals surface area contributed by atoms with E-state index in [4.69, 9.17) is 9.84 Å². The van der Waals surface area contributed by atoms with Gasteiger partial charge in [0.15, 0.2) is 6.61 Å². The van der Waals surface area contributed by atoms with E-state index in [0.29, 0.717) is 5.56 Å². The number of ether oxygens (including phenoxy) is 1. The van der Waals surface area contributed by atoms with Crippen LogP contribution in [0.5, 0.6) is 5.75 Å². The van der Waals surface area contributed by atoms with Crippen LogP contribution in [0.15, 0.2) is 18.2 Å². The molecule has 0 aliphatic heterocycles. The summed E-state index contributed by atoms with van der Waals surface area (Å²) in [5, 5.41) is 8.93. The first-order valence-corrected chi connectivity index (χ1v) is 5.73. The zero-order valence-corrected chi connectivity index (χ0v) is 10.8. The predicted octanol–water partition coefficient (Wildman–Crippen LogP) is 1.56. The molecule has 4 nitrogen and oxygen atoms in total. The molecule has 1 rings (SSSR count). The van der Waals surface area contributed by atoms with Crippen LogP contribution < -0.4 is 4.74 Å². The van der Waals surface area contributed by atoms with E-state index in [1.165, 1.54) is 18.2 Å². The highest BCUT2D eigenvalue weighted by atomic mass is 19.1. The van der Waals surface area contributed by atoms with Crippen LogP contribution in [0.1, 0.15) is 19.4 Å². The first kappa shape index (κ1) is 14.4. The van der Waals surface area contributed by atoms with Crippen molar-refractivity contribution in [2.75, 3.05) is 13.7 Å². The Balaban J connectivity index is 2.63. The molecule has 0 unspecified atom stereocenters. The minimum atomic E-state index is -0.499. The van der Waals surface area contributed by atoms with Gasteiger partial charge in [-0.2, -0.15) is 0 Å². The van der Waals surface area contributed by atoms with E-state index in [1.807, 2.05) is 13.8 Å². The molecule has 0 heterocycles. The average Bonchev–Trinajstić information content (AvgIpc) is 2.34. The van der Waals surface area contributed by atoms with Gasteiger partial charge in [-0.15, -0.1) is 0 Å². The lowest BCUT2D eigenvalue weighted by Gasteiger charge is -2.21. The fraction of sp³-hybridized carbons (Fsp3) is 0.462. The van der Waals surface area contributed by atoms with Crippen molar-refractivity contribution < 1.29 is 19.0 Å². The van der Waals surface area contributed by atoms with Crippen molar-refractivity contribution in [2.24, 2.45) is 0 Å². The highest BCUT2D eigenvalue weighted by Crippen LogP contribution is 2.16. The first-order valence-electron chi connectivity index (χ1n) is 5.73. The molecule has 1 aromatic carbocycles. The molecule has 1 aromatic rings. The van der Waals surface area contributed by atoms with E-state index in [2.05, 4.69) is 0 Å². The molecule has 0 aromatic heterocycles. The van der Waals surface area contributed by atoms with E-state index >= 15 is 0 Å². The summed E-state index contributed by atoms with van der Waals surface area (Å²) in [6, 6.07) is 3.99. The molecule has 18 heavy (non-hydrogen) atoms. The maximum absolute atomic E-state index is 13.1. The highest BCUT2D eigenvalue weighted by Gasteiger charge is 2.12. The van der Waals surface area contributed by atoms with Crippen LogP contribution in [0.2, 0.25) is 0 Å². The summed E-state index contributed by atoms with van der Waals surface area (Å²) in [5.41, 5.74) is 0.412. The lowest BCUT2D eigenvalue weighted by molar-refractivity contribution is -0.133. The number of amides is 1. The van der Waals surface area contributed by atoms with Crippen molar-refractivity contribution >= 4 is 5.91 Å². The number of hydrogen-bond acceptors (Lipinski definition) is 3. The Labute approximate surface area is 106 Å². The fourth-order valence-corrected chi connectivity index (χ4v) is 1.33. The molecule has 0 radical (unpaired) electrons. The maximum atomic E-state index is 13.1. The Hall–Kier alpha value is -1.62. The summed E-state index contributed by atoms with van der Waals surface area (Å²) < 4.78 is 18.4. The van der Waals surface area contributed by atoms with Gasteiger partial charge in [0.25, 0.3) is 5.91 Å². The Morgan fingerprint density at radius 3 is 2.67 bits per heavy atom. The molecule has 1 N–H and O–H groups in total. The lowest BCUT2D eigenvalue weighted by Crippen LogP contribution is -2.36. The minimum Gasteiger partial charge on any atom is -0.484 e. The standard InChI is InChI=1S/C13H18FNO3/c1-9(2)15(3)13(17)8-18-12-5-10(7-16)4-11(14)6-12/h4-6,9,16H,7-8H2,1-3H3. The van der Waals surface area contributed by atoms with Crippen LogP contribution in [0, 0.1) is 5.82 Å². The van der Waals surface area contributed by atoms with Gasteiger partial charge in [0.1, 0.15) is 11.6 Å². The van der Waals surface area contributed by atoms with Crippen LogP contribution in [0.3, 0.4) is 0 Å². The van der Waals surface area contributed by atoms with Crippen molar-refractivity contribution in [3.63, 3.8) is 0 Å². The highest BCUT2D eigenvalue weighted by molar-refractivity contribution is 5.77. The van der Waals surface area contributed by atoms with E-state index in [1.54, 1.807) is 11.9 Å². The third kappa shape index (κ3) is 4.00. The molecule has 0 saturated carbocycles. The summed E-state index contributed by atoms with van der Waals surface area (Å²) in [6.07, 6.45) is 0. The molecule has 1 amide bonds. The predicted molar refractivity (Wildman–Crippen MR) is 65.7 cm³/mol. The van der Waals surface area contributed by atoms with Crippen molar-refractivity contribution in [3.05, 3.63) is 29.6 Å². The van der Waals surface area contributed by atoms with Crippen molar-refractivity contribution in [2.45, 2.75) is 26.5 Å². The second-order valence-electron chi connectivity index (χ2n) is 4.34. The van der Waals surface area contributed by atoms with E-state index in [0.717, 1.165) is 0 Å². The second-order valence-corrected chi connectivity index (χ2v) is 4.34. The largest absolute Gasteiger partial charge is 0.484 e. The monoisotopic (exact) mass is 255 g/mol. The number of carbonyl (C=O) groups excluding carboxylic acids is 1. The Morgan fingerprint density at radius 1 is 1.44 bits per heavy atom. The maximum Gasteiger partial charge on any atom is 0.260 e. The van der Waals surface area contributed by atoms with Gasteiger partial charge in [-0.1, -0.05) is 0 Å². The van der Waals surface area contributed by atoms with Gasteiger partial charge >= 0.3 is 0 Å². The van der Waals surface area contributed by atoms with Gasteiger partial charge in [0, 0.05) is 19.2 Å². The van der Waals surface area contributed by atoms with Crippen LogP contribution in [0.25, 0.3) is 0 Å². The number of aliphatic hydroxyl groups is 1. The number of benzene rings is 1. The normalized spacial score (nSPS) is 10.6. The molecule has 0 saturated heterocycles. The average molecular weight is 255 g/mol. The number of hydrogen-bond donors (Lipinski definition) is 1. The Morgan fingerprint density at radius 2 is 2.11 bits per heavy atom. The van der Waals surface area contributed by atoms with Gasteiger partial charge in [-0.25, -0.2) is 4.39 Å². The summed E-state index contributed by atoms with van der Waals surface area (Å²) in [7, 11) is 1.68. The number of nitrogens with zero attached hydrogens (tertiary/aromatic N) is 1. The first-order chi connectivity index (χ1) is 8.43. The van der Waals surface area contributed by atoms with Gasteiger partial charge in [0.05, 0.1) is 6.61 Å². The number of carbonyl (C=O) groups is 1. The summed E-state index contributed by atoms with van der Waals surface area (Å²) >= 11 is 0. The fourth-order valence-electron chi connectivity index (χ4n) is 1.33. The smallest absolute Gasteiger partial charge is 0.260 e. The van der Waals surface area contributed by atoms with Crippen LogP contribution in [-0.2, 0) is 11.4 Å². The van der Waals surface area contributed by atoms with Crippen molar-refractivity contribution in [1.29, 1.82) is 0 Å². The molecule has 0 spiro atoms. The zero-order valence-electron chi connectivity index (χ0n) is 10.8. The Kier molecular flexibility index (Phi) is 5.09. The van der Waals surface area contributed by atoms with Crippen LogP contribution >= 0.6 is 0 Å². The quantitative estimate of drug-likeness (QED) is 0.868. The van der Waals surface area contributed by atoms with Crippen LogP contribution in [-0.4, -0.2) is 35.6 Å². The van der Waals surface area contributed by atoms with Gasteiger partial charge in [-0.05, 0) is 31.5 Å². The second kappa shape index (κ2) is 6.35. The lowest BCUT2D eigenvalue weighted by atomic mass is 10.2. The SMILES string of the molecule is CC(C)N(C)C(=O)COc1cc(F)cc(CO)c1. The van der Waals surface area contributed by atoms with E-state index in [-0.39, 0.29) is 30.9 Å². The zero-order chi connectivity index (χ0) is 13.7. The number of likely N-dealkylation sites (N-methyl/N-ethyl adjacent to an activating group) is 1. The molecule has 0 fully saturated rings. The Bertz CT molecular complexity index is 421. The molecule has 0 atom stereocenters. The van der Waals surface area contributed by atoms with E-state index < -0.39 is 5.82 Å². The molecule has 5 heteroatoms. The molecule has 0 aliphatic carbocycles. The van der Waals surface area contributed by atoms with Gasteiger partial charge in [-0.3, -0.25) is 4.79 Å². The molecule has 0 aliphatic rings. The van der Waals surface area contributed by atoms with Gasteiger partial charge in [0.2, 0.25) is 0 Å². The number of aliphatic hydroxyl groups excluding tert-OH is 1. The third-order valence-electron chi connectivity index (χ3n) is 2.64.